The molecule has 0 saturated carbocycles. The summed E-state index contributed by atoms with van der Waals surface area (Å²) in [5.74, 6) is -0.124. The fraction of sp³-hybridized carbons (Fsp3) is 0.400. The zero-order valence-corrected chi connectivity index (χ0v) is 9.38. The lowest BCUT2D eigenvalue weighted by atomic mass is 10.2. The van der Waals surface area contributed by atoms with E-state index >= 15 is 0 Å². The van der Waals surface area contributed by atoms with Crippen LogP contribution in [0.2, 0.25) is 0 Å². The fourth-order valence-electron chi connectivity index (χ4n) is 1.05. The molecular formula is C10H14N2O2S. The largest absolute Gasteiger partial charge is 0.396 e. The summed E-state index contributed by atoms with van der Waals surface area (Å²) in [4.78, 5) is 15.6. The van der Waals surface area contributed by atoms with Crippen molar-refractivity contribution in [3.8, 4) is 0 Å². The van der Waals surface area contributed by atoms with E-state index in [4.69, 9.17) is 5.11 Å². The standard InChI is InChI=1S/C10H14N2O2S/c1-15-9-7-8(3-5-11-9)10(14)12-4-2-6-13/h3,5,7,13H,2,4,6H2,1H3,(H,12,14). The lowest BCUT2D eigenvalue weighted by Crippen LogP contribution is -2.25. The zero-order chi connectivity index (χ0) is 11.1. The molecule has 0 radical (unpaired) electrons. The van der Waals surface area contributed by atoms with Gasteiger partial charge in [0.05, 0.1) is 5.03 Å². The van der Waals surface area contributed by atoms with Gasteiger partial charge in [-0.05, 0) is 24.8 Å². The number of carbonyl (C=O) groups is 1. The van der Waals surface area contributed by atoms with E-state index in [0.29, 0.717) is 18.5 Å². The summed E-state index contributed by atoms with van der Waals surface area (Å²) in [6.45, 7) is 0.582. The Morgan fingerprint density at radius 1 is 1.67 bits per heavy atom. The van der Waals surface area contributed by atoms with Crippen LogP contribution >= 0.6 is 11.8 Å². The van der Waals surface area contributed by atoms with E-state index in [2.05, 4.69) is 10.3 Å². The van der Waals surface area contributed by atoms with Crippen molar-refractivity contribution in [2.45, 2.75) is 11.4 Å². The molecule has 0 bridgehead atoms. The van der Waals surface area contributed by atoms with Gasteiger partial charge in [0.1, 0.15) is 0 Å². The first-order valence-electron chi connectivity index (χ1n) is 4.67. The number of amides is 1. The Bertz CT molecular complexity index is 331. The monoisotopic (exact) mass is 226 g/mol. The van der Waals surface area contributed by atoms with E-state index in [1.54, 1.807) is 18.3 Å². The van der Waals surface area contributed by atoms with Gasteiger partial charge in [-0.3, -0.25) is 4.79 Å². The summed E-state index contributed by atoms with van der Waals surface area (Å²) in [7, 11) is 0. The van der Waals surface area contributed by atoms with Gasteiger partial charge in [-0.1, -0.05) is 0 Å². The van der Waals surface area contributed by atoms with Crippen LogP contribution in [0.3, 0.4) is 0 Å². The number of aliphatic hydroxyl groups excluding tert-OH is 1. The molecule has 0 unspecified atom stereocenters. The van der Waals surface area contributed by atoms with Crippen LogP contribution < -0.4 is 5.32 Å². The minimum Gasteiger partial charge on any atom is -0.396 e. The van der Waals surface area contributed by atoms with Crippen molar-refractivity contribution in [2.75, 3.05) is 19.4 Å². The molecule has 5 heteroatoms. The Hall–Kier alpha value is -1.07. The number of aromatic nitrogens is 1. The molecule has 0 aliphatic rings. The molecule has 0 atom stereocenters. The number of nitrogens with one attached hydrogen (secondary N) is 1. The third-order valence-electron chi connectivity index (χ3n) is 1.83. The summed E-state index contributed by atoms with van der Waals surface area (Å²) >= 11 is 1.50. The van der Waals surface area contributed by atoms with Crippen molar-refractivity contribution in [3.05, 3.63) is 23.9 Å². The lowest BCUT2D eigenvalue weighted by Gasteiger charge is -2.04. The summed E-state index contributed by atoms with van der Waals surface area (Å²) in [6, 6.07) is 3.42. The number of thioether (sulfide) groups is 1. The smallest absolute Gasteiger partial charge is 0.251 e. The van der Waals surface area contributed by atoms with E-state index in [9.17, 15) is 4.79 Å². The maximum Gasteiger partial charge on any atom is 0.251 e. The zero-order valence-electron chi connectivity index (χ0n) is 8.56. The number of pyridine rings is 1. The van der Waals surface area contributed by atoms with E-state index in [0.717, 1.165) is 5.03 Å². The van der Waals surface area contributed by atoms with Crippen molar-refractivity contribution in [3.63, 3.8) is 0 Å². The molecule has 15 heavy (non-hydrogen) atoms. The molecule has 4 nitrogen and oxygen atoms in total. The molecule has 1 aromatic heterocycles. The van der Waals surface area contributed by atoms with Gasteiger partial charge in [-0.15, -0.1) is 11.8 Å². The molecule has 2 N–H and O–H groups in total. The van der Waals surface area contributed by atoms with Gasteiger partial charge in [-0.25, -0.2) is 4.98 Å². The molecule has 1 aromatic rings. The summed E-state index contributed by atoms with van der Waals surface area (Å²) < 4.78 is 0. The third kappa shape index (κ3) is 3.89. The van der Waals surface area contributed by atoms with Crippen molar-refractivity contribution < 1.29 is 9.90 Å². The topological polar surface area (TPSA) is 62.2 Å². The second-order valence-electron chi connectivity index (χ2n) is 2.92. The summed E-state index contributed by atoms with van der Waals surface area (Å²) in [6.07, 6.45) is 4.11. The Kier molecular flexibility index (Phi) is 5.14. The highest BCUT2D eigenvalue weighted by Crippen LogP contribution is 2.12. The predicted molar refractivity (Wildman–Crippen MR) is 60.1 cm³/mol. The SMILES string of the molecule is CSc1cc(C(=O)NCCCO)ccn1. The molecule has 0 aliphatic carbocycles. The molecule has 0 saturated heterocycles. The maximum absolute atomic E-state index is 11.6. The molecular weight excluding hydrogens is 212 g/mol. The quantitative estimate of drug-likeness (QED) is 0.579. The van der Waals surface area contributed by atoms with Crippen molar-refractivity contribution in [1.82, 2.24) is 10.3 Å². The molecule has 0 aromatic carbocycles. The summed E-state index contributed by atoms with van der Waals surface area (Å²) in [5, 5.41) is 12.1. The molecule has 0 aliphatic heterocycles. The Morgan fingerprint density at radius 3 is 3.13 bits per heavy atom. The number of aliphatic hydroxyl groups is 1. The van der Waals surface area contributed by atoms with Gasteiger partial charge in [0, 0.05) is 24.9 Å². The molecule has 1 heterocycles. The van der Waals surface area contributed by atoms with Crippen molar-refractivity contribution in [2.24, 2.45) is 0 Å². The Balaban J connectivity index is 2.57. The first kappa shape index (κ1) is 12.0. The van der Waals surface area contributed by atoms with E-state index < -0.39 is 0 Å². The molecule has 1 rings (SSSR count). The lowest BCUT2D eigenvalue weighted by molar-refractivity contribution is 0.0951. The van der Waals surface area contributed by atoms with Crippen molar-refractivity contribution in [1.29, 1.82) is 0 Å². The first-order valence-corrected chi connectivity index (χ1v) is 5.89. The van der Waals surface area contributed by atoms with E-state index in [1.165, 1.54) is 11.8 Å². The number of hydrogen-bond donors (Lipinski definition) is 2. The maximum atomic E-state index is 11.6. The first-order chi connectivity index (χ1) is 7.27. The van der Waals surface area contributed by atoms with Gasteiger partial charge < -0.3 is 10.4 Å². The van der Waals surface area contributed by atoms with Crippen LogP contribution in [0.4, 0.5) is 0 Å². The molecule has 0 fully saturated rings. The van der Waals surface area contributed by atoms with Crippen molar-refractivity contribution >= 4 is 17.7 Å². The summed E-state index contributed by atoms with van der Waals surface area (Å²) in [5.41, 5.74) is 0.604. The van der Waals surface area contributed by atoms with Crippen LogP contribution in [-0.2, 0) is 0 Å². The van der Waals surface area contributed by atoms with Crippen LogP contribution in [0, 0.1) is 0 Å². The number of hydrogen-bond acceptors (Lipinski definition) is 4. The highest BCUT2D eigenvalue weighted by molar-refractivity contribution is 7.98. The van der Waals surface area contributed by atoms with Gasteiger partial charge in [-0.2, -0.15) is 0 Å². The minimum absolute atomic E-state index is 0.0900. The van der Waals surface area contributed by atoms with Crippen LogP contribution in [0.25, 0.3) is 0 Å². The van der Waals surface area contributed by atoms with Gasteiger partial charge >= 0.3 is 0 Å². The van der Waals surface area contributed by atoms with Gasteiger partial charge in [0.15, 0.2) is 0 Å². The second-order valence-corrected chi connectivity index (χ2v) is 3.75. The predicted octanol–water partition coefficient (Wildman–Crippen LogP) is 0.916. The second kappa shape index (κ2) is 6.42. The molecule has 1 amide bonds. The van der Waals surface area contributed by atoms with Crippen LogP contribution in [0.15, 0.2) is 23.4 Å². The third-order valence-corrected chi connectivity index (χ3v) is 2.47. The molecule has 82 valence electrons. The number of nitrogens with zero attached hydrogens (tertiary/aromatic N) is 1. The van der Waals surface area contributed by atoms with Crippen LogP contribution in [0.5, 0.6) is 0 Å². The normalized spacial score (nSPS) is 10.0. The van der Waals surface area contributed by atoms with Gasteiger partial charge in [0.25, 0.3) is 5.91 Å². The average Bonchev–Trinajstić information content (AvgIpc) is 2.29. The van der Waals surface area contributed by atoms with Crippen LogP contribution in [0.1, 0.15) is 16.8 Å². The Morgan fingerprint density at radius 2 is 2.47 bits per heavy atom. The highest BCUT2D eigenvalue weighted by Gasteiger charge is 2.05. The number of carbonyl (C=O) groups excluding carboxylic acids is 1. The fourth-order valence-corrected chi connectivity index (χ4v) is 1.46. The minimum atomic E-state index is -0.124. The van der Waals surface area contributed by atoms with Gasteiger partial charge in [0.2, 0.25) is 0 Å². The average molecular weight is 226 g/mol. The highest BCUT2D eigenvalue weighted by atomic mass is 32.2. The van der Waals surface area contributed by atoms with Crippen LogP contribution in [-0.4, -0.2) is 35.4 Å². The Labute approximate surface area is 93.1 Å². The molecule has 0 spiro atoms. The van der Waals surface area contributed by atoms with E-state index in [-0.39, 0.29) is 12.5 Å². The van der Waals surface area contributed by atoms with E-state index in [1.807, 2.05) is 6.26 Å². The number of rotatable bonds is 5.